The minimum Gasteiger partial charge on any atom is -0.365 e. The molecule has 0 aliphatic carbocycles. The van der Waals surface area contributed by atoms with Crippen LogP contribution in [0.25, 0.3) is 0 Å². The molecule has 0 radical (unpaired) electrons. The van der Waals surface area contributed by atoms with Crippen molar-refractivity contribution in [1.29, 1.82) is 5.26 Å². The van der Waals surface area contributed by atoms with Crippen molar-refractivity contribution in [3.8, 4) is 6.07 Å². The van der Waals surface area contributed by atoms with Crippen molar-refractivity contribution in [1.82, 2.24) is 10.2 Å². The fourth-order valence-electron chi connectivity index (χ4n) is 1.91. The third kappa shape index (κ3) is 2.80. The van der Waals surface area contributed by atoms with E-state index in [4.69, 9.17) is 5.26 Å². The van der Waals surface area contributed by atoms with Crippen LogP contribution in [0.5, 0.6) is 0 Å². The fraction of sp³-hybridized carbons (Fsp3) is 0.214. The molecule has 2 aromatic rings. The molecule has 5 heteroatoms. The lowest BCUT2D eigenvalue weighted by Crippen LogP contribution is -2.26. The molecule has 0 saturated heterocycles. The monoisotopic (exact) mass is 254 g/mol. The highest BCUT2D eigenvalue weighted by Gasteiger charge is 2.13. The summed E-state index contributed by atoms with van der Waals surface area (Å²) in [5.74, 6) is 0. The highest BCUT2D eigenvalue weighted by atomic mass is 16.1. The van der Waals surface area contributed by atoms with Gasteiger partial charge in [-0.05, 0) is 12.5 Å². The molecule has 0 aliphatic rings. The molecule has 0 saturated carbocycles. The molecular weight excluding hydrogens is 240 g/mol. The number of benzene rings is 1. The first-order valence-electron chi connectivity index (χ1n) is 6.03. The minimum absolute atomic E-state index is 0.104. The molecule has 0 aliphatic heterocycles. The zero-order valence-electron chi connectivity index (χ0n) is 10.6. The second kappa shape index (κ2) is 5.83. The molecule has 1 aromatic carbocycles. The van der Waals surface area contributed by atoms with Crippen LogP contribution in [-0.2, 0) is 6.54 Å². The van der Waals surface area contributed by atoms with E-state index in [0.29, 0.717) is 18.8 Å². The van der Waals surface area contributed by atoms with E-state index in [1.165, 1.54) is 6.20 Å². The Bertz CT molecular complexity index is 642. The van der Waals surface area contributed by atoms with Crippen LogP contribution >= 0.6 is 0 Å². The van der Waals surface area contributed by atoms with Crippen molar-refractivity contribution in [3.63, 3.8) is 0 Å². The van der Waals surface area contributed by atoms with Gasteiger partial charge in [0, 0.05) is 13.1 Å². The lowest BCUT2D eigenvalue weighted by atomic mass is 10.2. The number of aromatic nitrogens is 2. The second-order valence-corrected chi connectivity index (χ2v) is 4.07. The van der Waals surface area contributed by atoms with Crippen molar-refractivity contribution in [2.24, 2.45) is 0 Å². The molecule has 1 N–H and O–H groups in total. The normalized spacial score (nSPS) is 9.89. The third-order valence-electron chi connectivity index (χ3n) is 2.89. The van der Waals surface area contributed by atoms with Gasteiger partial charge in [0.15, 0.2) is 0 Å². The minimum atomic E-state index is -0.452. The second-order valence-electron chi connectivity index (χ2n) is 4.07. The Kier molecular flexibility index (Phi) is 3.94. The molecule has 0 fully saturated rings. The predicted octanol–water partition coefficient (Wildman–Crippen LogP) is 1.67. The summed E-state index contributed by atoms with van der Waals surface area (Å²) in [5.41, 5.74) is 1.34. The summed E-state index contributed by atoms with van der Waals surface area (Å²) >= 11 is 0. The lowest BCUT2D eigenvalue weighted by Gasteiger charge is -2.23. The highest BCUT2D eigenvalue weighted by molar-refractivity contribution is 5.56. The van der Waals surface area contributed by atoms with E-state index in [2.05, 4.69) is 10.2 Å². The average molecular weight is 254 g/mol. The SMILES string of the molecule is CCN(Cc1ccccc1)c1cn[nH]c(=O)c1C#N. The Hall–Kier alpha value is -2.61. The first kappa shape index (κ1) is 12.8. The zero-order valence-corrected chi connectivity index (χ0v) is 10.6. The van der Waals surface area contributed by atoms with Crippen molar-refractivity contribution in [2.45, 2.75) is 13.5 Å². The molecule has 0 unspecified atom stereocenters. The van der Waals surface area contributed by atoms with Crippen LogP contribution in [-0.4, -0.2) is 16.7 Å². The molecule has 0 atom stereocenters. The number of rotatable bonds is 4. The molecule has 96 valence electrons. The van der Waals surface area contributed by atoms with Gasteiger partial charge in [0.05, 0.1) is 11.9 Å². The number of anilines is 1. The van der Waals surface area contributed by atoms with Gasteiger partial charge in [-0.3, -0.25) is 4.79 Å². The summed E-state index contributed by atoms with van der Waals surface area (Å²) in [6.07, 6.45) is 1.52. The molecular formula is C14H14N4O. The summed E-state index contributed by atoms with van der Waals surface area (Å²) in [6.45, 7) is 3.30. The Balaban J connectivity index is 2.36. The predicted molar refractivity (Wildman–Crippen MR) is 72.7 cm³/mol. The topological polar surface area (TPSA) is 72.8 Å². The van der Waals surface area contributed by atoms with Crippen molar-refractivity contribution < 1.29 is 0 Å². The average Bonchev–Trinajstić information content (AvgIpc) is 2.45. The third-order valence-corrected chi connectivity index (χ3v) is 2.89. The lowest BCUT2D eigenvalue weighted by molar-refractivity contribution is 0.816. The first-order valence-corrected chi connectivity index (χ1v) is 6.03. The summed E-state index contributed by atoms with van der Waals surface area (Å²) in [4.78, 5) is 13.5. The van der Waals surface area contributed by atoms with E-state index in [1.807, 2.05) is 48.2 Å². The molecule has 0 spiro atoms. The Labute approximate surface area is 111 Å². The van der Waals surface area contributed by atoms with E-state index >= 15 is 0 Å². The highest BCUT2D eigenvalue weighted by Crippen LogP contribution is 2.17. The van der Waals surface area contributed by atoms with E-state index in [-0.39, 0.29) is 5.56 Å². The molecule has 5 nitrogen and oxygen atoms in total. The molecule has 0 bridgehead atoms. The fourth-order valence-corrected chi connectivity index (χ4v) is 1.91. The quantitative estimate of drug-likeness (QED) is 0.900. The number of nitrogens with one attached hydrogen (secondary N) is 1. The summed E-state index contributed by atoms with van der Waals surface area (Å²) < 4.78 is 0. The molecule has 0 amide bonds. The number of nitrogens with zero attached hydrogens (tertiary/aromatic N) is 3. The first-order chi connectivity index (χ1) is 9.26. The number of nitriles is 1. The standard InChI is InChI=1S/C14H14N4O/c1-2-18(10-11-6-4-3-5-7-11)13-9-16-17-14(19)12(13)8-15/h3-7,9H,2,10H2,1H3,(H,17,19). The Morgan fingerprint density at radius 3 is 2.74 bits per heavy atom. The number of hydrogen-bond donors (Lipinski definition) is 1. The maximum absolute atomic E-state index is 11.6. The van der Waals surface area contributed by atoms with E-state index in [9.17, 15) is 4.79 Å². The molecule has 2 rings (SSSR count). The van der Waals surface area contributed by atoms with Gasteiger partial charge in [-0.1, -0.05) is 30.3 Å². The maximum atomic E-state index is 11.6. The smallest absolute Gasteiger partial charge is 0.284 e. The van der Waals surface area contributed by atoms with Crippen LogP contribution in [0.4, 0.5) is 5.69 Å². The van der Waals surface area contributed by atoms with Gasteiger partial charge < -0.3 is 4.90 Å². The van der Waals surface area contributed by atoms with Crippen LogP contribution in [0, 0.1) is 11.3 Å². The molecule has 19 heavy (non-hydrogen) atoms. The van der Waals surface area contributed by atoms with Crippen molar-refractivity contribution in [2.75, 3.05) is 11.4 Å². The van der Waals surface area contributed by atoms with E-state index < -0.39 is 5.56 Å². The van der Waals surface area contributed by atoms with E-state index in [1.54, 1.807) is 0 Å². The largest absolute Gasteiger partial charge is 0.365 e. The Morgan fingerprint density at radius 2 is 2.11 bits per heavy atom. The van der Waals surface area contributed by atoms with Crippen LogP contribution in [0.15, 0.2) is 41.3 Å². The van der Waals surface area contributed by atoms with Crippen LogP contribution in [0.3, 0.4) is 0 Å². The molecule has 1 aromatic heterocycles. The molecule has 1 heterocycles. The van der Waals surface area contributed by atoms with Gasteiger partial charge in [0.2, 0.25) is 0 Å². The summed E-state index contributed by atoms with van der Waals surface area (Å²) in [5, 5.41) is 15.1. The Morgan fingerprint density at radius 1 is 1.37 bits per heavy atom. The number of H-pyrrole nitrogens is 1. The van der Waals surface area contributed by atoms with E-state index in [0.717, 1.165) is 5.56 Å². The van der Waals surface area contributed by atoms with Gasteiger partial charge in [-0.15, -0.1) is 0 Å². The van der Waals surface area contributed by atoms with Gasteiger partial charge in [-0.25, -0.2) is 5.10 Å². The maximum Gasteiger partial charge on any atom is 0.284 e. The summed E-state index contributed by atoms with van der Waals surface area (Å²) in [7, 11) is 0. The van der Waals surface area contributed by atoms with Gasteiger partial charge in [-0.2, -0.15) is 10.4 Å². The van der Waals surface area contributed by atoms with Crippen molar-refractivity contribution >= 4 is 5.69 Å². The van der Waals surface area contributed by atoms with Gasteiger partial charge >= 0.3 is 0 Å². The number of aromatic amines is 1. The summed E-state index contributed by atoms with van der Waals surface area (Å²) in [6, 6.07) is 11.8. The zero-order chi connectivity index (χ0) is 13.7. The van der Waals surface area contributed by atoms with Crippen LogP contribution < -0.4 is 10.5 Å². The van der Waals surface area contributed by atoms with Crippen LogP contribution in [0.1, 0.15) is 18.1 Å². The number of hydrogen-bond acceptors (Lipinski definition) is 4. The van der Waals surface area contributed by atoms with Gasteiger partial charge in [0.25, 0.3) is 5.56 Å². The van der Waals surface area contributed by atoms with Crippen LogP contribution in [0.2, 0.25) is 0 Å². The van der Waals surface area contributed by atoms with Crippen molar-refractivity contribution in [3.05, 3.63) is 58.0 Å². The van der Waals surface area contributed by atoms with Gasteiger partial charge in [0.1, 0.15) is 11.6 Å².